The van der Waals surface area contributed by atoms with Gasteiger partial charge < -0.3 is 5.32 Å². The van der Waals surface area contributed by atoms with Crippen molar-refractivity contribution < 1.29 is 0 Å². The molecule has 2 nitrogen and oxygen atoms in total. The molecule has 1 aliphatic carbocycles. The van der Waals surface area contributed by atoms with Crippen molar-refractivity contribution in [3.8, 4) is 0 Å². The second-order valence-electron chi connectivity index (χ2n) is 8.10. The quantitative estimate of drug-likeness (QED) is 0.837. The Morgan fingerprint density at radius 3 is 2.26 bits per heavy atom. The molecule has 0 bridgehead atoms. The minimum atomic E-state index is 0.547. The van der Waals surface area contributed by atoms with Crippen molar-refractivity contribution in [2.24, 2.45) is 17.3 Å². The highest BCUT2D eigenvalue weighted by Crippen LogP contribution is 2.44. The lowest BCUT2D eigenvalue weighted by molar-refractivity contribution is 0.0938. The minimum absolute atomic E-state index is 0.547. The van der Waals surface area contributed by atoms with Gasteiger partial charge in [0.25, 0.3) is 0 Å². The summed E-state index contributed by atoms with van der Waals surface area (Å²) in [6.45, 7) is 15.9. The van der Waals surface area contributed by atoms with Crippen LogP contribution in [0.4, 0.5) is 0 Å². The van der Waals surface area contributed by atoms with Crippen LogP contribution < -0.4 is 5.32 Å². The van der Waals surface area contributed by atoms with E-state index in [2.05, 4.69) is 44.8 Å². The predicted molar refractivity (Wildman–Crippen MR) is 83.4 cm³/mol. The molecular formula is C17H34N2. The number of nitrogens with one attached hydrogen (secondary N) is 1. The van der Waals surface area contributed by atoms with Gasteiger partial charge in [-0.25, -0.2) is 0 Å². The SMILES string of the molecule is CC1CC(C)(C)CC1N(CC1CCNCC1)C(C)C. The van der Waals surface area contributed by atoms with E-state index >= 15 is 0 Å². The van der Waals surface area contributed by atoms with E-state index < -0.39 is 0 Å². The number of piperidine rings is 1. The van der Waals surface area contributed by atoms with E-state index in [1.54, 1.807) is 0 Å². The Kier molecular flexibility index (Phi) is 4.94. The normalized spacial score (nSPS) is 32.4. The van der Waals surface area contributed by atoms with E-state index in [1.807, 2.05) is 0 Å². The molecule has 2 heteroatoms. The van der Waals surface area contributed by atoms with Crippen LogP contribution in [-0.4, -0.2) is 36.6 Å². The van der Waals surface area contributed by atoms with E-state index in [0.29, 0.717) is 11.5 Å². The van der Waals surface area contributed by atoms with Gasteiger partial charge in [-0.2, -0.15) is 0 Å². The van der Waals surface area contributed by atoms with Gasteiger partial charge in [0.2, 0.25) is 0 Å². The zero-order valence-corrected chi connectivity index (χ0v) is 13.7. The maximum Gasteiger partial charge on any atom is 0.0129 e. The van der Waals surface area contributed by atoms with Crippen LogP contribution in [0, 0.1) is 17.3 Å². The Bertz CT molecular complexity index is 279. The Morgan fingerprint density at radius 2 is 1.79 bits per heavy atom. The molecule has 0 radical (unpaired) electrons. The van der Waals surface area contributed by atoms with Crippen LogP contribution in [0.3, 0.4) is 0 Å². The van der Waals surface area contributed by atoms with Gasteiger partial charge in [0.15, 0.2) is 0 Å². The zero-order chi connectivity index (χ0) is 14.0. The van der Waals surface area contributed by atoms with Crippen molar-refractivity contribution in [2.45, 2.75) is 72.4 Å². The molecule has 2 aliphatic rings. The predicted octanol–water partition coefficient (Wildman–Crippen LogP) is 3.52. The van der Waals surface area contributed by atoms with Crippen LogP contribution in [-0.2, 0) is 0 Å². The summed E-state index contributed by atoms with van der Waals surface area (Å²) in [7, 11) is 0. The summed E-state index contributed by atoms with van der Waals surface area (Å²) in [5.74, 6) is 1.78. The van der Waals surface area contributed by atoms with Gasteiger partial charge in [0.05, 0.1) is 0 Å². The van der Waals surface area contributed by atoms with E-state index in [4.69, 9.17) is 0 Å². The molecule has 0 spiro atoms. The number of nitrogens with zero attached hydrogens (tertiary/aromatic N) is 1. The molecule has 2 unspecified atom stereocenters. The molecule has 0 aromatic carbocycles. The van der Waals surface area contributed by atoms with Crippen molar-refractivity contribution >= 4 is 0 Å². The maximum atomic E-state index is 3.49. The standard InChI is InChI=1S/C17H34N2/c1-13(2)19(12-15-6-8-18-9-7-15)16-11-17(4,5)10-14(16)3/h13-16,18H,6-12H2,1-5H3. The van der Waals surface area contributed by atoms with Crippen molar-refractivity contribution in [1.29, 1.82) is 0 Å². The highest BCUT2D eigenvalue weighted by atomic mass is 15.2. The van der Waals surface area contributed by atoms with Crippen molar-refractivity contribution in [2.75, 3.05) is 19.6 Å². The van der Waals surface area contributed by atoms with Crippen molar-refractivity contribution in [3.63, 3.8) is 0 Å². The van der Waals surface area contributed by atoms with Gasteiger partial charge in [-0.3, -0.25) is 4.90 Å². The van der Waals surface area contributed by atoms with E-state index in [9.17, 15) is 0 Å². The van der Waals surface area contributed by atoms with Gasteiger partial charge in [0.1, 0.15) is 0 Å². The van der Waals surface area contributed by atoms with Gasteiger partial charge in [0, 0.05) is 18.6 Å². The average Bonchev–Trinajstić information content (AvgIpc) is 2.60. The average molecular weight is 266 g/mol. The van der Waals surface area contributed by atoms with Crippen molar-refractivity contribution in [1.82, 2.24) is 10.2 Å². The van der Waals surface area contributed by atoms with Gasteiger partial charge in [-0.1, -0.05) is 20.8 Å². The third kappa shape index (κ3) is 3.95. The second-order valence-corrected chi connectivity index (χ2v) is 8.10. The molecule has 1 N–H and O–H groups in total. The zero-order valence-electron chi connectivity index (χ0n) is 13.7. The highest BCUT2D eigenvalue weighted by molar-refractivity contribution is 4.94. The Labute approximate surface area is 120 Å². The molecule has 0 aromatic rings. The molecule has 1 saturated heterocycles. The summed E-state index contributed by atoms with van der Waals surface area (Å²) < 4.78 is 0. The van der Waals surface area contributed by atoms with Crippen LogP contribution >= 0.6 is 0 Å². The number of hydrogen-bond acceptors (Lipinski definition) is 2. The number of hydrogen-bond donors (Lipinski definition) is 1. The molecule has 112 valence electrons. The molecular weight excluding hydrogens is 232 g/mol. The van der Waals surface area contributed by atoms with Crippen LogP contribution in [0.25, 0.3) is 0 Å². The highest BCUT2D eigenvalue weighted by Gasteiger charge is 2.40. The molecule has 0 amide bonds. The van der Waals surface area contributed by atoms with Crippen LogP contribution in [0.2, 0.25) is 0 Å². The Morgan fingerprint density at radius 1 is 1.16 bits per heavy atom. The smallest absolute Gasteiger partial charge is 0.0129 e. The van der Waals surface area contributed by atoms with E-state index in [0.717, 1.165) is 17.9 Å². The second kappa shape index (κ2) is 6.13. The monoisotopic (exact) mass is 266 g/mol. The first-order chi connectivity index (χ1) is 8.89. The summed E-state index contributed by atoms with van der Waals surface area (Å²) in [5.41, 5.74) is 0.547. The summed E-state index contributed by atoms with van der Waals surface area (Å²) in [6, 6.07) is 1.50. The van der Waals surface area contributed by atoms with Gasteiger partial charge in [-0.15, -0.1) is 0 Å². The van der Waals surface area contributed by atoms with Gasteiger partial charge in [-0.05, 0) is 69.9 Å². The lowest BCUT2D eigenvalue weighted by Gasteiger charge is -2.39. The third-order valence-corrected chi connectivity index (χ3v) is 5.31. The van der Waals surface area contributed by atoms with Crippen LogP contribution in [0.5, 0.6) is 0 Å². The summed E-state index contributed by atoms with van der Waals surface area (Å²) in [6.07, 6.45) is 5.52. The van der Waals surface area contributed by atoms with Gasteiger partial charge >= 0.3 is 0 Å². The van der Waals surface area contributed by atoms with E-state index in [1.165, 1.54) is 45.3 Å². The molecule has 1 saturated carbocycles. The summed E-state index contributed by atoms with van der Waals surface area (Å²) in [5, 5.41) is 3.49. The maximum absolute atomic E-state index is 3.49. The van der Waals surface area contributed by atoms with Crippen molar-refractivity contribution in [3.05, 3.63) is 0 Å². The van der Waals surface area contributed by atoms with E-state index in [-0.39, 0.29) is 0 Å². The first-order valence-electron chi connectivity index (χ1n) is 8.35. The Hall–Kier alpha value is -0.0800. The summed E-state index contributed by atoms with van der Waals surface area (Å²) >= 11 is 0. The fourth-order valence-electron chi connectivity index (χ4n) is 4.39. The largest absolute Gasteiger partial charge is 0.317 e. The first kappa shape index (κ1) is 15.3. The molecule has 1 heterocycles. The molecule has 19 heavy (non-hydrogen) atoms. The molecule has 2 fully saturated rings. The molecule has 1 aliphatic heterocycles. The molecule has 0 aromatic heterocycles. The fraction of sp³-hybridized carbons (Fsp3) is 1.00. The fourth-order valence-corrected chi connectivity index (χ4v) is 4.39. The molecule has 2 rings (SSSR count). The lowest BCUT2D eigenvalue weighted by Crippen LogP contribution is -2.46. The Balaban J connectivity index is 1.99. The molecule has 2 atom stereocenters. The van der Waals surface area contributed by atoms with Crippen LogP contribution in [0.15, 0.2) is 0 Å². The lowest BCUT2D eigenvalue weighted by atomic mass is 9.90. The first-order valence-corrected chi connectivity index (χ1v) is 8.35. The summed E-state index contributed by atoms with van der Waals surface area (Å²) in [4.78, 5) is 2.83. The van der Waals surface area contributed by atoms with Crippen LogP contribution in [0.1, 0.15) is 60.3 Å². The minimum Gasteiger partial charge on any atom is -0.317 e. The third-order valence-electron chi connectivity index (χ3n) is 5.31. The topological polar surface area (TPSA) is 15.3 Å². The number of rotatable bonds is 4.